The van der Waals surface area contributed by atoms with Crippen molar-refractivity contribution < 1.29 is 0 Å². The van der Waals surface area contributed by atoms with E-state index in [4.69, 9.17) is 11.6 Å². The molecule has 2 aromatic heterocycles. The second kappa shape index (κ2) is 7.07. The van der Waals surface area contributed by atoms with Crippen LogP contribution in [-0.2, 0) is 0 Å². The molecule has 2 aromatic rings. The van der Waals surface area contributed by atoms with Crippen molar-refractivity contribution in [2.45, 2.75) is 39.3 Å². The van der Waals surface area contributed by atoms with E-state index in [0.29, 0.717) is 0 Å². The minimum Gasteiger partial charge on any atom is -0.305 e. The molecule has 0 amide bonds. The molecule has 0 fully saturated rings. The van der Waals surface area contributed by atoms with Crippen molar-refractivity contribution >= 4 is 38.9 Å². The monoisotopic (exact) mass is 375 g/mol. The van der Waals surface area contributed by atoms with E-state index in [0.717, 1.165) is 27.5 Å². The van der Waals surface area contributed by atoms with Crippen molar-refractivity contribution in [3.63, 3.8) is 0 Å². The van der Waals surface area contributed by atoms with Crippen molar-refractivity contribution in [2.24, 2.45) is 0 Å². The predicted octanol–water partition coefficient (Wildman–Crippen LogP) is 5.03. The van der Waals surface area contributed by atoms with Crippen LogP contribution >= 0.6 is 38.9 Å². The normalized spacial score (nSPS) is 13.1. The lowest BCUT2D eigenvalue weighted by Crippen LogP contribution is -2.26. The smallest absolute Gasteiger partial charge is 0.0837 e. The molecule has 0 spiro atoms. The topological polar surface area (TPSA) is 29.9 Å². The lowest BCUT2D eigenvalue weighted by Gasteiger charge is -2.21. The Morgan fingerprint density at radius 1 is 1.50 bits per heavy atom. The van der Waals surface area contributed by atoms with Crippen molar-refractivity contribution in [3.8, 4) is 0 Å². The van der Waals surface area contributed by atoms with E-state index in [9.17, 15) is 0 Å². The fourth-order valence-electron chi connectivity index (χ4n) is 2.17. The van der Waals surface area contributed by atoms with E-state index in [1.54, 1.807) is 17.5 Å². The molecule has 0 bridgehead atoms. The Hall–Kier alpha value is -0.360. The third kappa shape index (κ3) is 3.45. The van der Waals surface area contributed by atoms with Gasteiger partial charge < -0.3 is 5.32 Å². The first-order chi connectivity index (χ1) is 9.54. The van der Waals surface area contributed by atoms with E-state index in [2.05, 4.69) is 58.6 Å². The third-order valence-electron chi connectivity index (χ3n) is 3.07. The standard InChI is InChI=1S/C14H19BrClN3S/c1-4-5-17-13(10-6-12(15)20-8-10)14-11(16)7-18-19(14)9(2)3/h6-9,13,17H,4-5H2,1-3H3. The van der Waals surface area contributed by atoms with E-state index < -0.39 is 0 Å². The van der Waals surface area contributed by atoms with Gasteiger partial charge in [0.1, 0.15) is 0 Å². The van der Waals surface area contributed by atoms with Gasteiger partial charge in [0.2, 0.25) is 0 Å². The molecule has 2 rings (SSSR count). The lowest BCUT2D eigenvalue weighted by atomic mass is 10.1. The average molecular weight is 377 g/mol. The number of nitrogens with zero attached hydrogens (tertiary/aromatic N) is 2. The van der Waals surface area contributed by atoms with Gasteiger partial charge in [0.05, 0.1) is 26.7 Å². The first kappa shape index (κ1) is 16.0. The van der Waals surface area contributed by atoms with Gasteiger partial charge in [0.15, 0.2) is 0 Å². The Labute approximate surface area is 137 Å². The van der Waals surface area contributed by atoms with E-state index in [-0.39, 0.29) is 12.1 Å². The SMILES string of the molecule is CCCNC(c1csc(Br)c1)c1c(Cl)cnn1C(C)C. The summed E-state index contributed by atoms with van der Waals surface area (Å²) in [7, 11) is 0. The predicted molar refractivity (Wildman–Crippen MR) is 89.8 cm³/mol. The number of halogens is 2. The molecule has 0 saturated heterocycles. The lowest BCUT2D eigenvalue weighted by molar-refractivity contribution is 0.472. The van der Waals surface area contributed by atoms with E-state index >= 15 is 0 Å². The molecular formula is C14H19BrClN3S. The first-order valence-electron chi connectivity index (χ1n) is 6.74. The van der Waals surface area contributed by atoms with Crippen LogP contribution in [-0.4, -0.2) is 16.3 Å². The van der Waals surface area contributed by atoms with Crippen LogP contribution in [0.15, 0.2) is 21.4 Å². The zero-order chi connectivity index (χ0) is 14.7. The summed E-state index contributed by atoms with van der Waals surface area (Å²) in [6.07, 6.45) is 2.81. The highest BCUT2D eigenvalue weighted by Crippen LogP contribution is 2.33. The summed E-state index contributed by atoms with van der Waals surface area (Å²) >= 11 is 11.6. The van der Waals surface area contributed by atoms with Crippen LogP contribution in [0.3, 0.4) is 0 Å². The maximum absolute atomic E-state index is 6.39. The maximum Gasteiger partial charge on any atom is 0.0837 e. The highest BCUT2D eigenvalue weighted by atomic mass is 79.9. The molecule has 110 valence electrons. The zero-order valence-electron chi connectivity index (χ0n) is 11.9. The highest BCUT2D eigenvalue weighted by molar-refractivity contribution is 9.11. The Balaban J connectivity index is 2.43. The number of hydrogen-bond donors (Lipinski definition) is 1. The van der Waals surface area contributed by atoms with Crippen molar-refractivity contribution in [1.82, 2.24) is 15.1 Å². The number of hydrogen-bond acceptors (Lipinski definition) is 3. The molecule has 6 heteroatoms. The van der Waals surface area contributed by atoms with Crippen LogP contribution in [0.4, 0.5) is 0 Å². The minimum absolute atomic E-state index is 0.0786. The molecule has 0 aliphatic carbocycles. The van der Waals surface area contributed by atoms with Gasteiger partial charge in [-0.2, -0.15) is 5.10 Å². The molecule has 1 atom stereocenters. The van der Waals surface area contributed by atoms with Crippen LogP contribution < -0.4 is 5.32 Å². The number of nitrogens with one attached hydrogen (secondary N) is 1. The molecule has 0 radical (unpaired) electrons. The average Bonchev–Trinajstić information content (AvgIpc) is 2.98. The molecule has 0 aromatic carbocycles. The number of thiophene rings is 1. The summed E-state index contributed by atoms with van der Waals surface area (Å²) < 4.78 is 3.13. The zero-order valence-corrected chi connectivity index (χ0v) is 15.0. The Bertz CT molecular complexity index is 565. The minimum atomic E-state index is 0.0786. The summed E-state index contributed by atoms with van der Waals surface area (Å²) in [5, 5.41) is 10.9. The van der Waals surface area contributed by atoms with Gasteiger partial charge in [0.25, 0.3) is 0 Å². The molecule has 20 heavy (non-hydrogen) atoms. The largest absolute Gasteiger partial charge is 0.305 e. The molecule has 1 unspecified atom stereocenters. The maximum atomic E-state index is 6.39. The summed E-state index contributed by atoms with van der Waals surface area (Å²) in [6, 6.07) is 2.51. The van der Waals surface area contributed by atoms with Gasteiger partial charge in [-0.1, -0.05) is 18.5 Å². The van der Waals surface area contributed by atoms with Crippen LogP contribution in [0, 0.1) is 0 Å². The van der Waals surface area contributed by atoms with Gasteiger partial charge in [-0.05, 0) is 59.8 Å². The molecule has 2 heterocycles. The summed E-state index contributed by atoms with van der Waals surface area (Å²) in [5.74, 6) is 0. The van der Waals surface area contributed by atoms with E-state index in [1.165, 1.54) is 5.56 Å². The second-order valence-corrected chi connectivity index (χ2v) is 7.69. The third-order valence-corrected chi connectivity index (χ3v) is 4.88. The van der Waals surface area contributed by atoms with Crippen LogP contribution in [0.25, 0.3) is 0 Å². The first-order valence-corrected chi connectivity index (χ1v) is 8.79. The Morgan fingerprint density at radius 2 is 2.25 bits per heavy atom. The number of rotatable bonds is 6. The highest BCUT2D eigenvalue weighted by Gasteiger charge is 2.23. The van der Waals surface area contributed by atoms with Crippen molar-refractivity contribution in [2.75, 3.05) is 6.54 Å². The van der Waals surface area contributed by atoms with Crippen molar-refractivity contribution in [1.29, 1.82) is 0 Å². The molecule has 0 aliphatic heterocycles. The van der Waals surface area contributed by atoms with Crippen molar-refractivity contribution in [3.05, 3.63) is 37.7 Å². The Morgan fingerprint density at radius 3 is 2.80 bits per heavy atom. The summed E-state index contributed by atoms with van der Waals surface area (Å²) in [6.45, 7) is 7.34. The van der Waals surface area contributed by atoms with Gasteiger partial charge in [-0.15, -0.1) is 11.3 Å². The van der Waals surface area contributed by atoms with Gasteiger partial charge >= 0.3 is 0 Å². The molecule has 3 nitrogen and oxygen atoms in total. The van der Waals surface area contributed by atoms with E-state index in [1.807, 2.05) is 4.68 Å². The fourth-order valence-corrected chi connectivity index (χ4v) is 3.61. The fraction of sp³-hybridized carbons (Fsp3) is 0.500. The molecular weight excluding hydrogens is 358 g/mol. The second-order valence-electron chi connectivity index (χ2n) is 4.99. The molecule has 0 saturated carbocycles. The summed E-state index contributed by atoms with van der Waals surface area (Å²) in [4.78, 5) is 0. The van der Waals surface area contributed by atoms with Gasteiger partial charge in [0, 0.05) is 6.04 Å². The van der Waals surface area contributed by atoms with Gasteiger partial charge in [-0.25, -0.2) is 0 Å². The molecule has 1 N–H and O–H groups in total. The Kier molecular flexibility index (Phi) is 5.66. The van der Waals surface area contributed by atoms with Crippen LogP contribution in [0.1, 0.15) is 50.5 Å². The summed E-state index contributed by atoms with van der Waals surface area (Å²) in [5.41, 5.74) is 2.26. The number of aromatic nitrogens is 2. The van der Waals surface area contributed by atoms with Gasteiger partial charge in [-0.3, -0.25) is 4.68 Å². The van der Waals surface area contributed by atoms with Crippen LogP contribution in [0.2, 0.25) is 5.02 Å². The molecule has 0 aliphatic rings. The van der Waals surface area contributed by atoms with Crippen LogP contribution in [0.5, 0.6) is 0 Å². The quantitative estimate of drug-likeness (QED) is 0.766.